The van der Waals surface area contributed by atoms with Crippen LogP contribution >= 0.6 is 0 Å². The van der Waals surface area contributed by atoms with Gasteiger partial charge in [0.1, 0.15) is 5.60 Å². The standard InChI is InChI=1S/C12H19N3O2/c1-12(17,9-16)8-15-11(13)14-7-10-5-3-2-4-6-10/h2-6,16-17H,7-9H2,1H3,(H3,13,14,15). The summed E-state index contributed by atoms with van der Waals surface area (Å²) in [5, 5.41) is 21.1. The number of nitrogens with zero attached hydrogens (tertiary/aromatic N) is 1. The topological polar surface area (TPSA) is 90.9 Å². The summed E-state index contributed by atoms with van der Waals surface area (Å²) in [4.78, 5) is 4.12. The molecule has 0 saturated heterocycles. The van der Waals surface area contributed by atoms with Crippen molar-refractivity contribution in [1.82, 2.24) is 5.32 Å². The largest absolute Gasteiger partial charge is 0.393 e. The molecule has 1 unspecified atom stereocenters. The molecule has 0 heterocycles. The molecule has 94 valence electrons. The van der Waals surface area contributed by atoms with Crippen LogP contribution in [0.2, 0.25) is 0 Å². The highest BCUT2D eigenvalue weighted by atomic mass is 16.3. The number of aliphatic imine (C=N–C) groups is 1. The van der Waals surface area contributed by atoms with Gasteiger partial charge in [-0.25, -0.2) is 4.99 Å². The van der Waals surface area contributed by atoms with E-state index >= 15 is 0 Å². The van der Waals surface area contributed by atoms with E-state index in [-0.39, 0.29) is 19.1 Å². The van der Waals surface area contributed by atoms with Crippen LogP contribution in [0.1, 0.15) is 12.5 Å². The van der Waals surface area contributed by atoms with Crippen LogP contribution in [0.4, 0.5) is 0 Å². The highest BCUT2D eigenvalue weighted by Crippen LogP contribution is 2.00. The van der Waals surface area contributed by atoms with E-state index in [1.807, 2.05) is 30.3 Å². The van der Waals surface area contributed by atoms with Gasteiger partial charge in [0.25, 0.3) is 0 Å². The second-order valence-corrected chi connectivity index (χ2v) is 4.20. The Bertz CT molecular complexity index is 363. The van der Waals surface area contributed by atoms with E-state index in [0.717, 1.165) is 5.56 Å². The van der Waals surface area contributed by atoms with Crippen molar-refractivity contribution in [2.45, 2.75) is 19.1 Å². The minimum Gasteiger partial charge on any atom is -0.393 e. The third-order valence-corrected chi connectivity index (χ3v) is 2.27. The summed E-state index contributed by atoms with van der Waals surface area (Å²) >= 11 is 0. The van der Waals surface area contributed by atoms with Crippen LogP contribution in [-0.4, -0.2) is 34.9 Å². The summed E-state index contributed by atoms with van der Waals surface area (Å²) in [6, 6.07) is 9.73. The van der Waals surface area contributed by atoms with Crippen molar-refractivity contribution in [3.63, 3.8) is 0 Å². The molecule has 1 atom stereocenters. The number of aliphatic hydroxyl groups is 2. The predicted octanol–water partition coefficient (Wildman–Crippen LogP) is -0.166. The molecule has 17 heavy (non-hydrogen) atoms. The molecule has 5 nitrogen and oxygen atoms in total. The van der Waals surface area contributed by atoms with Gasteiger partial charge in [-0.05, 0) is 12.5 Å². The lowest BCUT2D eigenvalue weighted by molar-refractivity contribution is 0.00612. The fraction of sp³-hybridized carbons (Fsp3) is 0.417. The van der Waals surface area contributed by atoms with Crippen LogP contribution in [0, 0.1) is 0 Å². The van der Waals surface area contributed by atoms with E-state index in [1.54, 1.807) is 0 Å². The Morgan fingerprint density at radius 1 is 1.41 bits per heavy atom. The Hall–Kier alpha value is -1.59. The number of guanidine groups is 1. The molecular weight excluding hydrogens is 218 g/mol. The number of hydrogen-bond donors (Lipinski definition) is 4. The van der Waals surface area contributed by atoms with Gasteiger partial charge in [-0.15, -0.1) is 0 Å². The first-order chi connectivity index (χ1) is 8.03. The molecule has 0 saturated carbocycles. The van der Waals surface area contributed by atoms with Crippen LogP contribution in [0.25, 0.3) is 0 Å². The smallest absolute Gasteiger partial charge is 0.189 e. The summed E-state index contributed by atoms with van der Waals surface area (Å²) in [7, 11) is 0. The first kappa shape index (κ1) is 13.5. The lowest BCUT2D eigenvalue weighted by Gasteiger charge is -2.20. The Morgan fingerprint density at radius 3 is 2.65 bits per heavy atom. The number of nitrogens with one attached hydrogen (secondary N) is 1. The number of nitrogens with two attached hydrogens (primary N) is 1. The Kier molecular flexibility index (Phi) is 4.93. The average Bonchev–Trinajstić information content (AvgIpc) is 2.35. The summed E-state index contributed by atoms with van der Waals surface area (Å²) in [5.41, 5.74) is 5.50. The van der Waals surface area contributed by atoms with E-state index < -0.39 is 5.60 Å². The molecule has 0 aromatic heterocycles. The van der Waals surface area contributed by atoms with Crippen molar-refractivity contribution >= 4 is 5.96 Å². The van der Waals surface area contributed by atoms with Gasteiger partial charge in [0.2, 0.25) is 0 Å². The Balaban J connectivity index is 2.40. The van der Waals surface area contributed by atoms with Gasteiger partial charge in [0.15, 0.2) is 5.96 Å². The minimum absolute atomic E-state index is 0.160. The quantitative estimate of drug-likeness (QED) is 0.423. The fourth-order valence-corrected chi connectivity index (χ4v) is 1.15. The maximum Gasteiger partial charge on any atom is 0.189 e. The zero-order valence-electron chi connectivity index (χ0n) is 9.93. The van der Waals surface area contributed by atoms with Crippen LogP contribution < -0.4 is 11.1 Å². The Morgan fingerprint density at radius 2 is 2.06 bits per heavy atom. The number of hydrogen-bond acceptors (Lipinski definition) is 3. The summed E-state index contributed by atoms with van der Waals surface area (Å²) in [5.74, 6) is 0.252. The first-order valence-electron chi connectivity index (χ1n) is 5.44. The number of aliphatic hydroxyl groups excluding tert-OH is 1. The van der Waals surface area contributed by atoms with Gasteiger partial charge in [0, 0.05) is 6.54 Å². The molecule has 0 bridgehead atoms. The SMILES string of the molecule is CC(O)(CO)CNC(N)=NCc1ccccc1. The zero-order chi connectivity index (χ0) is 12.7. The molecule has 0 spiro atoms. The third-order valence-electron chi connectivity index (χ3n) is 2.27. The van der Waals surface area contributed by atoms with Gasteiger partial charge < -0.3 is 21.3 Å². The van der Waals surface area contributed by atoms with Crippen molar-refractivity contribution in [2.75, 3.05) is 13.2 Å². The molecule has 0 aliphatic heterocycles. The molecule has 0 aliphatic carbocycles. The second-order valence-electron chi connectivity index (χ2n) is 4.20. The van der Waals surface area contributed by atoms with Gasteiger partial charge in [-0.1, -0.05) is 30.3 Å². The summed E-state index contributed by atoms with van der Waals surface area (Å²) in [6.07, 6.45) is 0. The van der Waals surface area contributed by atoms with E-state index in [0.29, 0.717) is 6.54 Å². The molecule has 1 rings (SSSR count). The van der Waals surface area contributed by atoms with Gasteiger partial charge >= 0.3 is 0 Å². The van der Waals surface area contributed by atoms with E-state index in [4.69, 9.17) is 10.8 Å². The average molecular weight is 237 g/mol. The monoisotopic (exact) mass is 237 g/mol. The first-order valence-corrected chi connectivity index (χ1v) is 5.44. The molecular formula is C12H19N3O2. The normalized spacial score (nSPS) is 15.4. The van der Waals surface area contributed by atoms with Gasteiger partial charge in [-0.2, -0.15) is 0 Å². The maximum atomic E-state index is 9.53. The molecule has 5 N–H and O–H groups in total. The van der Waals surface area contributed by atoms with Crippen molar-refractivity contribution in [3.8, 4) is 0 Å². The zero-order valence-corrected chi connectivity index (χ0v) is 9.93. The van der Waals surface area contributed by atoms with Crippen molar-refractivity contribution in [3.05, 3.63) is 35.9 Å². The summed E-state index contributed by atoms with van der Waals surface area (Å²) in [6.45, 7) is 1.84. The molecule has 0 amide bonds. The van der Waals surface area contributed by atoms with Crippen molar-refractivity contribution < 1.29 is 10.2 Å². The van der Waals surface area contributed by atoms with E-state index in [2.05, 4.69) is 10.3 Å². The van der Waals surface area contributed by atoms with Crippen LogP contribution in [0.5, 0.6) is 0 Å². The molecule has 0 aliphatic rings. The van der Waals surface area contributed by atoms with E-state index in [1.165, 1.54) is 6.92 Å². The molecule has 5 heteroatoms. The van der Waals surface area contributed by atoms with E-state index in [9.17, 15) is 5.11 Å². The van der Waals surface area contributed by atoms with Crippen LogP contribution in [0.3, 0.4) is 0 Å². The molecule has 1 aromatic carbocycles. The highest BCUT2D eigenvalue weighted by Gasteiger charge is 2.18. The van der Waals surface area contributed by atoms with Gasteiger partial charge in [-0.3, -0.25) is 0 Å². The number of benzene rings is 1. The predicted molar refractivity (Wildman–Crippen MR) is 67.5 cm³/mol. The van der Waals surface area contributed by atoms with Crippen molar-refractivity contribution in [1.29, 1.82) is 0 Å². The molecule has 1 aromatic rings. The maximum absolute atomic E-state index is 9.53. The lowest BCUT2D eigenvalue weighted by Crippen LogP contribution is -2.45. The number of rotatable bonds is 5. The highest BCUT2D eigenvalue weighted by molar-refractivity contribution is 5.77. The van der Waals surface area contributed by atoms with Crippen LogP contribution in [-0.2, 0) is 6.54 Å². The van der Waals surface area contributed by atoms with Gasteiger partial charge in [0.05, 0.1) is 13.2 Å². The third kappa shape index (κ3) is 5.33. The Labute approximate surface area is 101 Å². The van der Waals surface area contributed by atoms with Crippen LogP contribution in [0.15, 0.2) is 35.3 Å². The van der Waals surface area contributed by atoms with Crippen molar-refractivity contribution in [2.24, 2.45) is 10.7 Å². The minimum atomic E-state index is -1.19. The fourth-order valence-electron chi connectivity index (χ4n) is 1.15. The second kappa shape index (κ2) is 6.22. The lowest BCUT2D eigenvalue weighted by atomic mass is 10.1. The molecule has 0 fully saturated rings. The summed E-state index contributed by atoms with van der Waals surface area (Å²) < 4.78 is 0. The molecule has 0 radical (unpaired) electrons.